The number of anilines is 1. The highest BCUT2D eigenvalue weighted by Crippen LogP contribution is 2.30. The highest BCUT2D eigenvalue weighted by molar-refractivity contribution is 7.92. The van der Waals surface area contributed by atoms with Crippen LogP contribution in [0.2, 0.25) is 0 Å². The van der Waals surface area contributed by atoms with Crippen LogP contribution in [-0.4, -0.2) is 50.3 Å². The van der Waals surface area contributed by atoms with Crippen molar-refractivity contribution in [1.82, 2.24) is 9.80 Å². The normalized spacial score (nSPS) is 14.4. The molecule has 200 valence electrons. The summed E-state index contributed by atoms with van der Waals surface area (Å²) in [7, 11) is -3.77. The highest BCUT2D eigenvalue weighted by atomic mass is 32.2. The number of hydrogen-bond acceptors (Lipinski definition) is 4. The summed E-state index contributed by atoms with van der Waals surface area (Å²) in [6, 6.07) is 32.9. The molecule has 0 unspecified atom stereocenters. The summed E-state index contributed by atoms with van der Waals surface area (Å²) < 4.78 is 28.6. The van der Waals surface area contributed by atoms with Crippen molar-refractivity contribution in [1.29, 1.82) is 0 Å². The van der Waals surface area contributed by atoms with Gasteiger partial charge in [0, 0.05) is 31.7 Å². The van der Waals surface area contributed by atoms with Crippen LogP contribution in [0.3, 0.4) is 0 Å². The summed E-state index contributed by atoms with van der Waals surface area (Å²) in [5, 5.41) is 0. The van der Waals surface area contributed by atoms with Crippen molar-refractivity contribution in [2.24, 2.45) is 0 Å². The second kappa shape index (κ2) is 11.4. The Labute approximate surface area is 231 Å². The summed E-state index contributed by atoms with van der Waals surface area (Å²) in [5.74, 6) is -0.0838. The summed E-state index contributed by atoms with van der Waals surface area (Å²) in [6.45, 7) is 6.35. The largest absolute Gasteiger partial charge is 0.336 e. The minimum atomic E-state index is -3.77. The van der Waals surface area contributed by atoms with E-state index >= 15 is 0 Å². The Morgan fingerprint density at radius 2 is 1.28 bits per heavy atom. The van der Waals surface area contributed by atoms with Gasteiger partial charge in [-0.25, -0.2) is 8.42 Å². The molecule has 0 aromatic heterocycles. The SMILES string of the molecule is Cc1ccc(S(=O)(=O)Nc2cccc(C(=O)N3CCN(C(c4ccccc4)c4ccccc4)CC3)c2C)cc1. The smallest absolute Gasteiger partial charge is 0.261 e. The Morgan fingerprint density at radius 3 is 1.85 bits per heavy atom. The van der Waals surface area contributed by atoms with Gasteiger partial charge in [-0.2, -0.15) is 0 Å². The first-order chi connectivity index (χ1) is 18.8. The molecule has 1 fully saturated rings. The van der Waals surface area contributed by atoms with Crippen LogP contribution in [0.15, 0.2) is 108 Å². The molecule has 6 nitrogen and oxygen atoms in total. The van der Waals surface area contributed by atoms with Gasteiger partial charge < -0.3 is 4.90 Å². The summed E-state index contributed by atoms with van der Waals surface area (Å²) in [4.78, 5) is 18.1. The van der Waals surface area contributed by atoms with Gasteiger partial charge in [-0.15, -0.1) is 0 Å². The van der Waals surface area contributed by atoms with Crippen LogP contribution in [0.25, 0.3) is 0 Å². The third kappa shape index (κ3) is 5.90. The monoisotopic (exact) mass is 539 g/mol. The summed E-state index contributed by atoms with van der Waals surface area (Å²) >= 11 is 0. The Hall–Kier alpha value is -3.94. The van der Waals surface area contributed by atoms with Crippen LogP contribution in [-0.2, 0) is 10.0 Å². The molecule has 0 atom stereocenters. The van der Waals surface area contributed by atoms with Gasteiger partial charge in [-0.3, -0.25) is 14.4 Å². The van der Waals surface area contributed by atoms with Crippen molar-refractivity contribution in [3.05, 3.63) is 131 Å². The van der Waals surface area contributed by atoms with Gasteiger partial charge in [-0.05, 0) is 54.8 Å². The maximum atomic E-state index is 13.6. The zero-order valence-corrected chi connectivity index (χ0v) is 23.1. The van der Waals surface area contributed by atoms with Crippen LogP contribution in [0, 0.1) is 13.8 Å². The molecule has 1 aliphatic rings. The molecule has 1 amide bonds. The lowest BCUT2D eigenvalue weighted by Crippen LogP contribution is -2.50. The van der Waals surface area contributed by atoms with E-state index in [9.17, 15) is 13.2 Å². The number of nitrogens with zero attached hydrogens (tertiary/aromatic N) is 2. The van der Waals surface area contributed by atoms with Gasteiger partial charge in [-0.1, -0.05) is 84.4 Å². The molecular formula is C32H33N3O3S. The van der Waals surface area contributed by atoms with E-state index in [1.54, 1.807) is 49.4 Å². The molecule has 4 aromatic carbocycles. The molecule has 0 saturated carbocycles. The van der Waals surface area contributed by atoms with Gasteiger partial charge in [0.1, 0.15) is 0 Å². The van der Waals surface area contributed by atoms with E-state index in [1.165, 1.54) is 11.1 Å². The standard InChI is InChI=1S/C32H33N3O3S/c1-24-16-18-28(19-17-24)39(37,38)33-30-15-9-14-29(25(30)2)32(36)35-22-20-34(21-23-35)31(26-10-5-3-6-11-26)27-12-7-4-8-13-27/h3-19,31,33H,20-23H2,1-2H3. The van der Waals surface area contributed by atoms with E-state index in [2.05, 4.69) is 58.2 Å². The molecular weight excluding hydrogens is 506 g/mol. The van der Waals surface area contributed by atoms with Crippen LogP contribution in [0.5, 0.6) is 0 Å². The van der Waals surface area contributed by atoms with E-state index in [4.69, 9.17) is 0 Å². The van der Waals surface area contributed by atoms with Crippen molar-refractivity contribution in [3.8, 4) is 0 Å². The van der Waals surface area contributed by atoms with E-state index in [0.29, 0.717) is 29.9 Å². The molecule has 1 heterocycles. The number of piperazine rings is 1. The Balaban J connectivity index is 1.31. The van der Waals surface area contributed by atoms with Crippen LogP contribution < -0.4 is 4.72 Å². The van der Waals surface area contributed by atoms with Crippen molar-refractivity contribution in [2.45, 2.75) is 24.8 Å². The minimum absolute atomic E-state index is 0.0838. The first-order valence-electron chi connectivity index (χ1n) is 13.2. The van der Waals surface area contributed by atoms with Gasteiger partial charge >= 0.3 is 0 Å². The van der Waals surface area contributed by atoms with Crippen molar-refractivity contribution in [3.63, 3.8) is 0 Å². The molecule has 5 rings (SSSR count). The molecule has 1 saturated heterocycles. The topological polar surface area (TPSA) is 69.7 Å². The fourth-order valence-electron chi connectivity index (χ4n) is 5.14. The van der Waals surface area contributed by atoms with Crippen molar-refractivity contribution < 1.29 is 13.2 Å². The number of benzene rings is 4. The number of nitrogens with one attached hydrogen (secondary N) is 1. The Bertz CT molecular complexity index is 1490. The number of hydrogen-bond donors (Lipinski definition) is 1. The molecule has 0 aliphatic carbocycles. The molecule has 39 heavy (non-hydrogen) atoms. The maximum absolute atomic E-state index is 13.6. The predicted octanol–water partition coefficient (Wildman–Crippen LogP) is 5.65. The first-order valence-corrected chi connectivity index (χ1v) is 14.6. The Morgan fingerprint density at radius 1 is 0.718 bits per heavy atom. The summed E-state index contributed by atoms with van der Waals surface area (Å²) in [5.41, 5.74) is 4.98. The third-order valence-electron chi connectivity index (χ3n) is 7.34. The maximum Gasteiger partial charge on any atom is 0.261 e. The third-order valence-corrected chi connectivity index (χ3v) is 8.72. The quantitative estimate of drug-likeness (QED) is 0.329. The lowest BCUT2D eigenvalue weighted by atomic mass is 9.96. The molecule has 1 N–H and O–H groups in total. The summed E-state index contributed by atoms with van der Waals surface area (Å²) in [6.07, 6.45) is 0. The fourth-order valence-corrected chi connectivity index (χ4v) is 6.26. The number of sulfonamides is 1. The number of carbonyl (C=O) groups excluding carboxylic acids is 1. The van der Waals surface area contributed by atoms with Gasteiger partial charge in [0.15, 0.2) is 0 Å². The average molecular weight is 540 g/mol. The average Bonchev–Trinajstić information content (AvgIpc) is 2.96. The zero-order valence-electron chi connectivity index (χ0n) is 22.2. The zero-order chi connectivity index (χ0) is 27.4. The minimum Gasteiger partial charge on any atom is -0.336 e. The van der Waals surface area contributed by atoms with Crippen molar-refractivity contribution >= 4 is 21.6 Å². The lowest BCUT2D eigenvalue weighted by Gasteiger charge is -2.40. The van der Waals surface area contributed by atoms with Gasteiger partial charge in [0.25, 0.3) is 15.9 Å². The van der Waals surface area contributed by atoms with Crippen LogP contribution in [0.4, 0.5) is 5.69 Å². The van der Waals surface area contributed by atoms with E-state index < -0.39 is 10.0 Å². The molecule has 0 radical (unpaired) electrons. The molecule has 7 heteroatoms. The second-order valence-corrected chi connectivity index (χ2v) is 11.6. The molecule has 0 bridgehead atoms. The first kappa shape index (κ1) is 26.7. The number of rotatable bonds is 7. The van der Waals surface area contributed by atoms with Crippen molar-refractivity contribution in [2.75, 3.05) is 30.9 Å². The number of carbonyl (C=O) groups is 1. The van der Waals surface area contributed by atoms with E-state index in [1.807, 2.05) is 24.0 Å². The predicted molar refractivity (Wildman–Crippen MR) is 155 cm³/mol. The number of aryl methyl sites for hydroxylation is 1. The second-order valence-electron chi connectivity index (χ2n) is 9.95. The lowest BCUT2D eigenvalue weighted by molar-refractivity contribution is 0.0596. The molecule has 0 spiro atoms. The molecule has 1 aliphatic heterocycles. The Kier molecular flexibility index (Phi) is 7.82. The van der Waals surface area contributed by atoms with Gasteiger partial charge in [0.05, 0.1) is 16.6 Å². The van der Waals surface area contributed by atoms with Gasteiger partial charge in [0.2, 0.25) is 0 Å². The van der Waals surface area contributed by atoms with Crippen LogP contribution in [0.1, 0.15) is 38.7 Å². The molecule has 4 aromatic rings. The fraction of sp³-hybridized carbons (Fsp3) is 0.219. The van der Waals surface area contributed by atoms with E-state index in [-0.39, 0.29) is 16.8 Å². The number of amides is 1. The van der Waals surface area contributed by atoms with E-state index in [0.717, 1.165) is 18.7 Å². The highest BCUT2D eigenvalue weighted by Gasteiger charge is 2.29. The van der Waals surface area contributed by atoms with Crippen LogP contribution >= 0.6 is 0 Å².